The fraction of sp³-hybridized carbons (Fsp3) is 0.333. The molecule has 0 saturated carbocycles. The second-order valence-electron chi connectivity index (χ2n) is 4.14. The molecule has 1 aromatic heterocycles. The van der Waals surface area contributed by atoms with Crippen molar-refractivity contribution in [2.24, 2.45) is 5.73 Å². The number of aromatic nitrogens is 1. The lowest BCUT2D eigenvalue weighted by Crippen LogP contribution is -2.13. The number of oxazole rings is 1. The summed E-state index contributed by atoms with van der Waals surface area (Å²) in [5, 5.41) is 0. The zero-order valence-corrected chi connectivity index (χ0v) is 12.7. The lowest BCUT2D eigenvalue weighted by molar-refractivity contribution is -0.115. The third kappa shape index (κ3) is 5.09. The Morgan fingerprint density at radius 2 is 2.30 bits per heavy atom. The van der Waals surface area contributed by atoms with Gasteiger partial charge < -0.3 is 10.2 Å². The average Bonchev–Trinajstić information content (AvgIpc) is 2.76. The van der Waals surface area contributed by atoms with Crippen molar-refractivity contribution in [3.8, 4) is 0 Å². The van der Waals surface area contributed by atoms with E-state index in [0.29, 0.717) is 11.6 Å². The van der Waals surface area contributed by atoms with Crippen LogP contribution in [0.2, 0.25) is 0 Å². The summed E-state index contributed by atoms with van der Waals surface area (Å²) in [6, 6.07) is 0. The number of nitrogens with zero attached hydrogens (tertiary/aromatic N) is 1. The van der Waals surface area contributed by atoms with Gasteiger partial charge in [-0.05, 0) is 19.4 Å². The van der Waals surface area contributed by atoms with Crippen LogP contribution in [0.15, 0.2) is 35.3 Å². The molecule has 0 aliphatic heterocycles. The van der Waals surface area contributed by atoms with E-state index in [0.717, 1.165) is 23.4 Å². The molecule has 0 atom stereocenters. The van der Waals surface area contributed by atoms with Crippen molar-refractivity contribution in [1.82, 2.24) is 4.98 Å². The predicted molar refractivity (Wildman–Crippen MR) is 84.2 cm³/mol. The Kier molecular flexibility index (Phi) is 6.87. The first kappa shape index (κ1) is 16.3. The molecule has 1 amide bonds. The van der Waals surface area contributed by atoms with Gasteiger partial charge in [0.05, 0.1) is 11.4 Å². The molecule has 0 aliphatic rings. The zero-order valence-electron chi connectivity index (χ0n) is 11.9. The summed E-state index contributed by atoms with van der Waals surface area (Å²) < 4.78 is 5.64. The number of allylic oxidation sites excluding steroid dienone is 5. The summed E-state index contributed by atoms with van der Waals surface area (Å²) in [5.74, 6) is 1.86. The molecule has 1 rings (SSSR count). The topological polar surface area (TPSA) is 69.1 Å². The fourth-order valence-electron chi connectivity index (χ4n) is 1.47. The van der Waals surface area contributed by atoms with Gasteiger partial charge in [-0.2, -0.15) is 0 Å². The summed E-state index contributed by atoms with van der Waals surface area (Å²) in [7, 11) is 0. The van der Waals surface area contributed by atoms with Crippen molar-refractivity contribution >= 4 is 23.2 Å². The Morgan fingerprint density at radius 3 is 2.90 bits per heavy atom. The van der Waals surface area contributed by atoms with E-state index in [-0.39, 0.29) is 11.7 Å². The molecule has 2 N–H and O–H groups in total. The second kappa shape index (κ2) is 8.43. The van der Waals surface area contributed by atoms with Crippen molar-refractivity contribution in [3.05, 3.63) is 48.2 Å². The van der Waals surface area contributed by atoms with Crippen LogP contribution in [0.5, 0.6) is 0 Å². The quantitative estimate of drug-likeness (QED) is 0.747. The third-order valence-corrected chi connectivity index (χ3v) is 3.46. The van der Waals surface area contributed by atoms with Crippen LogP contribution in [-0.4, -0.2) is 16.6 Å². The number of hydrogen-bond acceptors (Lipinski definition) is 4. The first-order valence-corrected chi connectivity index (χ1v) is 7.56. The summed E-state index contributed by atoms with van der Waals surface area (Å²) >= 11 is 1.43. The number of hydrogen-bond donors (Lipinski definition) is 1. The van der Waals surface area contributed by atoms with Gasteiger partial charge in [-0.1, -0.05) is 31.7 Å². The molecule has 0 saturated heterocycles. The number of carbonyl (C=O) groups excluding carboxylic acids is 1. The molecule has 0 aromatic carbocycles. The monoisotopic (exact) mass is 292 g/mol. The van der Waals surface area contributed by atoms with Crippen molar-refractivity contribution in [1.29, 1.82) is 0 Å². The highest BCUT2D eigenvalue weighted by Gasteiger charge is 2.11. The van der Waals surface area contributed by atoms with E-state index in [2.05, 4.69) is 18.5 Å². The van der Waals surface area contributed by atoms with Gasteiger partial charge in [-0.25, -0.2) is 4.98 Å². The minimum atomic E-state index is -0.326. The normalized spacial score (nSPS) is 12.0. The molecule has 20 heavy (non-hydrogen) atoms. The molecule has 0 unspecified atom stereocenters. The number of primary amides is 1. The molecular formula is C15H20N2O2S. The highest BCUT2D eigenvalue weighted by molar-refractivity contribution is 7.99. The number of amides is 1. The Bertz CT molecular complexity index is 530. The lowest BCUT2D eigenvalue weighted by atomic mass is 10.2. The maximum Gasteiger partial charge on any atom is 0.227 e. The van der Waals surface area contributed by atoms with Crippen molar-refractivity contribution < 1.29 is 9.21 Å². The van der Waals surface area contributed by atoms with Crippen LogP contribution >= 0.6 is 11.8 Å². The van der Waals surface area contributed by atoms with Crippen LogP contribution in [0.4, 0.5) is 0 Å². The van der Waals surface area contributed by atoms with Crippen molar-refractivity contribution in [2.75, 3.05) is 5.75 Å². The Balaban J connectivity index is 2.81. The predicted octanol–water partition coefficient (Wildman–Crippen LogP) is 3.24. The van der Waals surface area contributed by atoms with Gasteiger partial charge in [-0.3, -0.25) is 4.79 Å². The molecule has 108 valence electrons. The standard InChI is InChI=1S/C15H20N2O2S/c1-4-6-7-8-12(5-2)15-17-13(11(3)19-15)9-20-10-14(16)18/h5-8H,2,4,9-10H2,1,3H3,(H2,16,18)/b7-6+,12-8+. The Labute approximate surface area is 123 Å². The van der Waals surface area contributed by atoms with E-state index >= 15 is 0 Å². The molecule has 1 heterocycles. The minimum Gasteiger partial charge on any atom is -0.441 e. The summed E-state index contributed by atoms with van der Waals surface area (Å²) in [4.78, 5) is 15.2. The van der Waals surface area contributed by atoms with Crippen molar-refractivity contribution in [2.45, 2.75) is 26.0 Å². The highest BCUT2D eigenvalue weighted by Crippen LogP contribution is 2.22. The minimum absolute atomic E-state index is 0.283. The zero-order chi connectivity index (χ0) is 15.0. The summed E-state index contributed by atoms with van der Waals surface area (Å²) in [6.07, 6.45) is 8.61. The van der Waals surface area contributed by atoms with Crippen LogP contribution < -0.4 is 5.73 Å². The molecule has 0 fully saturated rings. The highest BCUT2D eigenvalue weighted by atomic mass is 32.2. The molecule has 0 aliphatic carbocycles. The molecule has 1 aromatic rings. The fourth-order valence-corrected chi connectivity index (χ4v) is 2.23. The van der Waals surface area contributed by atoms with E-state index in [1.165, 1.54) is 11.8 Å². The molecule has 0 bridgehead atoms. The summed E-state index contributed by atoms with van der Waals surface area (Å²) in [5.41, 5.74) is 6.77. The van der Waals surface area contributed by atoms with E-state index in [1.54, 1.807) is 6.08 Å². The largest absolute Gasteiger partial charge is 0.441 e. The van der Waals surface area contributed by atoms with E-state index in [9.17, 15) is 4.79 Å². The molecular weight excluding hydrogens is 272 g/mol. The maximum atomic E-state index is 10.7. The molecule has 0 spiro atoms. The van der Waals surface area contributed by atoms with Crippen LogP contribution in [0.1, 0.15) is 30.7 Å². The second-order valence-corrected chi connectivity index (χ2v) is 5.13. The van der Waals surface area contributed by atoms with E-state index < -0.39 is 0 Å². The number of carbonyl (C=O) groups is 1. The van der Waals surface area contributed by atoms with Gasteiger partial charge in [0.2, 0.25) is 11.8 Å². The number of thioether (sulfide) groups is 1. The van der Waals surface area contributed by atoms with Gasteiger partial charge >= 0.3 is 0 Å². The van der Waals surface area contributed by atoms with Crippen LogP contribution in [-0.2, 0) is 10.5 Å². The Hall–Kier alpha value is -1.75. The van der Waals surface area contributed by atoms with Crippen LogP contribution in [0, 0.1) is 6.92 Å². The Morgan fingerprint density at radius 1 is 1.55 bits per heavy atom. The van der Waals surface area contributed by atoms with Gasteiger partial charge in [0.15, 0.2) is 0 Å². The molecule has 4 nitrogen and oxygen atoms in total. The molecule has 0 radical (unpaired) electrons. The van der Waals surface area contributed by atoms with E-state index in [4.69, 9.17) is 10.2 Å². The first-order chi connectivity index (χ1) is 9.58. The van der Waals surface area contributed by atoms with Gasteiger partial charge in [0.25, 0.3) is 0 Å². The van der Waals surface area contributed by atoms with Crippen LogP contribution in [0.25, 0.3) is 5.57 Å². The van der Waals surface area contributed by atoms with Gasteiger partial charge in [-0.15, -0.1) is 11.8 Å². The van der Waals surface area contributed by atoms with E-state index in [1.807, 2.05) is 25.2 Å². The SMILES string of the molecule is C=C/C(=C\C=C\CC)c1nc(CSCC(N)=O)c(C)o1. The smallest absolute Gasteiger partial charge is 0.227 e. The summed E-state index contributed by atoms with van der Waals surface area (Å²) in [6.45, 7) is 7.70. The first-order valence-electron chi connectivity index (χ1n) is 6.40. The average molecular weight is 292 g/mol. The molecule has 5 heteroatoms. The van der Waals surface area contributed by atoms with Crippen LogP contribution in [0.3, 0.4) is 0 Å². The van der Waals surface area contributed by atoms with Gasteiger partial charge in [0, 0.05) is 11.3 Å². The number of nitrogens with two attached hydrogens (primary N) is 1. The van der Waals surface area contributed by atoms with Gasteiger partial charge in [0.1, 0.15) is 5.76 Å². The maximum absolute atomic E-state index is 10.7. The van der Waals surface area contributed by atoms with Crippen molar-refractivity contribution in [3.63, 3.8) is 0 Å². The number of rotatable bonds is 8. The third-order valence-electron chi connectivity index (χ3n) is 2.49. The number of aryl methyl sites for hydroxylation is 1. The lowest BCUT2D eigenvalue weighted by Gasteiger charge is -1.95.